The molecule has 0 aliphatic carbocycles. The van der Waals surface area contributed by atoms with E-state index in [1.54, 1.807) is 7.05 Å². The molecule has 25 heavy (non-hydrogen) atoms. The number of aliphatic imine (C=N–C) groups is 1. The molecule has 1 aromatic carbocycles. The van der Waals surface area contributed by atoms with Crippen LogP contribution in [0, 0.1) is 13.8 Å². The Morgan fingerprint density at radius 3 is 2.44 bits per heavy atom. The standard InChI is InChI=1S/C20H30N4O/c1-14(2)18-10-8-17(9-11-18)7-6-12-22-20(21-5)23-13-19-24-15(3)16(4)25-19/h8-11,14H,6-7,12-13H2,1-5H3,(H2,21,22,23). The summed E-state index contributed by atoms with van der Waals surface area (Å²) in [6.07, 6.45) is 2.11. The number of rotatable bonds is 7. The van der Waals surface area contributed by atoms with Gasteiger partial charge in [0.1, 0.15) is 5.76 Å². The Bertz CT molecular complexity index is 667. The summed E-state index contributed by atoms with van der Waals surface area (Å²) >= 11 is 0. The first-order valence-electron chi connectivity index (χ1n) is 8.96. The first kappa shape index (κ1) is 19.0. The molecule has 0 saturated carbocycles. The van der Waals surface area contributed by atoms with Gasteiger partial charge in [0.15, 0.2) is 5.96 Å². The van der Waals surface area contributed by atoms with Crippen molar-refractivity contribution in [3.05, 3.63) is 52.7 Å². The maximum Gasteiger partial charge on any atom is 0.214 e. The number of guanidine groups is 1. The lowest BCUT2D eigenvalue weighted by Crippen LogP contribution is -2.37. The molecule has 5 nitrogen and oxygen atoms in total. The predicted molar refractivity (Wildman–Crippen MR) is 103 cm³/mol. The Morgan fingerprint density at radius 1 is 1.16 bits per heavy atom. The van der Waals surface area contributed by atoms with Gasteiger partial charge in [0.2, 0.25) is 5.89 Å². The minimum atomic E-state index is 0.533. The number of nitrogens with one attached hydrogen (secondary N) is 2. The number of nitrogens with zero attached hydrogens (tertiary/aromatic N) is 2. The van der Waals surface area contributed by atoms with Crippen molar-refractivity contribution >= 4 is 5.96 Å². The van der Waals surface area contributed by atoms with Crippen LogP contribution in [0.4, 0.5) is 0 Å². The normalized spacial score (nSPS) is 11.8. The van der Waals surface area contributed by atoms with Crippen LogP contribution in [0.25, 0.3) is 0 Å². The number of oxazole rings is 1. The third-order valence-corrected chi connectivity index (χ3v) is 4.28. The van der Waals surface area contributed by atoms with Gasteiger partial charge in [-0.2, -0.15) is 0 Å². The quantitative estimate of drug-likeness (QED) is 0.457. The first-order valence-corrected chi connectivity index (χ1v) is 8.96. The summed E-state index contributed by atoms with van der Waals surface area (Å²) in [6.45, 7) is 9.72. The van der Waals surface area contributed by atoms with Crippen LogP contribution in [0.3, 0.4) is 0 Å². The molecule has 1 aromatic heterocycles. The van der Waals surface area contributed by atoms with E-state index in [9.17, 15) is 0 Å². The lowest BCUT2D eigenvalue weighted by molar-refractivity contribution is 0.463. The average molecular weight is 342 g/mol. The third kappa shape index (κ3) is 5.93. The molecule has 0 unspecified atom stereocenters. The highest BCUT2D eigenvalue weighted by molar-refractivity contribution is 5.79. The predicted octanol–water partition coefficient (Wildman–Crippen LogP) is 3.71. The summed E-state index contributed by atoms with van der Waals surface area (Å²) in [7, 11) is 1.77. The molecule has 0 atom stereocenters. The lowest BCUT2D eigenvalue weighted by Gasteiger charge is -2.11. The summed E-state index contributed by atoms with van der Waals surface area (Å²) in [5.41, 5.74) is 3.70. The van der Waals surface area contributed by atoms with E-state index in [-0.39, 0.29) is 0 Å². The molecule has 0 aliphatic rings. The van der Waals surface area contributed by atoms with E-state index in [1.165, 1.54) is 11.1 Å². The van der Waals surface area contributed by atoms with E-state index in [1.807, 2.05) is 13.8 Å². The van der Waals surface area contributed by atoms with Crippen molar-refractivity contribution in [2.24, 2.45) is 4.99 Å². The molecule has 2 rings (SSSR count). The number of aromatic nitrogens is 1. The van der Waals surface area contributed by atoms with E-state index >= 15 is 0 Å². The molecule has 0 fully saturated rings. The number of hydrogen-bond acceptors (Lipinski definition) is 3. The highest BCUT2D eigenvalue weighted by Crippen LogP contribution is 2.15. The van der Waals surface area contributed by atoms with Gasteiger partial charge in [-0.3, -0.25) is 4.99 Å². The molecule has 2 aromatic rings. The Hall–Kier alpha value is -2.30. The molecule has 0 spiro atoms. The fraction of sp³-hybridized carbons (Fsp3) is 0.500. The number of aryl methyl sites for hydroxylation is 3. The first-order chi connectivity index (χ1) is 12.0. The van der Waals surface area contributed by atoms with Crippen LogP contribution in [0.1, 0.15) is 54.7 Å². The van der Waals surface area contributed by atoms with Gasteiger partial charge in [-0.15, -0.1) is 0 Å². The van der Waals surface area contributed by atoms with Gasteiger partial charge >= 0.3 is 0 Å². The topological polar surface area (TPSA) is 62.5 Å². The maximum atomic E-state index is 5.56. The SMILES string of the molecule is CN=C(NCCCc1ccc(C(C)C)cc1)NCc1nc(C)c(C)o1. The Morgan fingerprint density at radius 2 is 1.88 bits per heavy atom. The van der Waals surface area contributed by atoms with Gasteiger partial charge in [0.05, 0.1) is 12.2 Å². The number of benzene rings is 1. The fourth-order valence-electron chi connectivity index (χ4n) is 2.56. The highest BCUT2D eigenvalue weighted by atomic mass is 16.4. The van der Waals surface area contributed by atoms with Gasteiger partial charge in [0, 0.05) is 13.6 Å². The van der Waals surface area contributed by atoms with E-state index in [0.29, 0.717) is 18.4 Å². The second-order valence-electron chi connectivity index (χ2n) is 6.60. The minimum Gasteiger partial charge on any atom is -0.444 e. The molecule has 0 radical (unpaired) electrons. The minimum absolute atomic E-state index is 0.533. The van der Waals surface area contributed by atoms with Crippen molar-refractivity contribution in [1.82, 2.24) is 15.6 Å². The van der Waals surface area contributed by atoms with E-state index < -0.39 is 0 Å². The Balaban J connectivity index is 1.70. The second kappa shape index (κ2) is 9.25. The van der Waals surface area contributed by atoms with Crippen LogP contribution in [-0.4, -0.2) is 24.5 Å². The van der Waals surface area contributed by atoms with Crippen LogP contribution in [0.2, 0.25) is 0 Å². The average Bonchev–Trinajstić information content (AvgIpc) is 2.92. The Kier molecular flexibility index (Phi) is 7.04. The summed E-state index contributed by atoms with van der Waals surface area (Å²) < 4.78 is 5.56. The molecule has 1 heterocycles. The molecular weight excluding hydrogens is 312 g/mol. The molecule has 0 aliphatic heterocycles. The van der Waals surface area contributed by atoms with Crippen LogP contribution in [0.15, 0.2) is 33.7 Å². The molecule has 5 heteroatoms. The van der Waals surface area contributed by atoms with Gasteiger partial charge in [-0.05, 0) is 43.7 Å². The zero-order chi connectivity index (χ0) is 18.2. The van der Waals surface area contributed by atoms with E-state index in [2.05, 4.69) is 58.7 Å². The molecular formula is C20H30N4O. The smallest absolute Gasteiger partial charge is 0.214 e. The molecule has 2 N–H and O–H groups in total. The summed E-state index contributed by atoms with van der Waals surface area (Å²) in [5, 5.41) is 6.56. The van der Waals surface area contributed by atoms with Crippen molar-refractivity contribution in [2.45, 2.75) is 53.0 Å². The number of hydrogen-bond donors (Lipinski definition) is 2. The van der Waals surface area contributed by atoms with E-state index in [4.69, 9.17) is 4.42 Å². The van der Waals surface area contributed by atoms with E-state index in [0.717, 1.165) is 36.8 Å². The Labute approximate surface area is 151 Å². The van der Waals surface area contributed by atoms with Crippen molar-refractivity contribution in [2.75, 3.05) is 13.6 Å². The molecule has 0 saturated heterocycles. The zero-order valence-electron chi connectivity index (χ0n) is 16.0. The molecule has 136 valence electrons. The van der Waals surface area contributed by atoms with Crippen LogP contribution in [0.5, 0.6) is 0 Å². The molecule has 0 amide bonds. The largest absolute Gasteiger partial charge is 0.444 e. The van der Waals surface area contributed by atoms with Crippen molar-refractivity contribution < 1.29 is 4.42 Å². The van der Waals surface area contributed by atoms with Gasteiger partial charge in [-0.25, -0.2) is 4.98 Å². The van der Waals surface area contributed by atoms with Crippen molar-refractivity contribution in [3.8, 4) is 0 Å². The fourth-order valence-corrected chi connectivity index (χ4v) is 2.56. The summed E-state index contributed by atoms with van der Waals surface area (Å²) in [6, 6.07) is 8.92. The van der Waals surface area contributed by atoms with Crippen LogP contribution >= 0.6 is 0 Å². The van der Waals surface area contributed by atoms with Crippen molar-refractivity contribution in [3.63, 3.8) is 0 Å². The second-order valence-corrected chi connectivity index (χ2v) is 6.60. The maximum absolute atomic E-state index is 5.56. The van der Waals surface area contributed by atoms with Crippen LogP contribution < -0.4 is 10.6 Å². The van der Waals surface area contributed by atoms with Crippen LogP contribution in [-0.2, 0) is 13.0 Å². The highest BCUT2D eigenvalue weighted by Gasteiger charge is 2.06. The zero-order valence-corrected chi connectivity index (χ0v) is 16.0. The molecule has 0 bridgehead atoms. The van der Waals surface area contributed by atoms with Crippen molar-refractivity contribution in [1.29, 1.82) is 0 Å². The summed E-state index contributed by atoms with van der Waals surface area (Å²) in [5.74, 6) is 2.90. The monoisotopic (exact) mass is 342 g/mol. The summed E-state index contributed by atoms with van der Waals surface area (Å²) in [4.78, 5) is 8.59. The van der Waals surface area contributed by atoms with Gasteiger partial charge < -0.3 is 15.1 Å². The third-order valence-electron chi connectivity index (χ3n) is 4.28. The van der Waals surface area contributed by atoms with Gasteiger partial charge in [-0.1, -0.05) is 38.1 Å². The lowest BCUT2D eigenvalue weighted by atomic mass is 10.0. The van der Waals surface area contributed by atoms with Gasteiger partial charge in [0.25, 0.3) is 0 Å².